The fourth-order valence-corrected chi connectivity index (χ4v) is 1.92. The fraction of sp³-hybridized carbons (Fsp3) is 0.714. The Bertz CT molecular complexity index is 350. The van der Waals surface area contributed by atoms with Crippen LogP contribution in [-0.2, 0) is 6.54 Å². The van der Waals surface area contributed by atoms with Gasteiger partial charge in [-0.05, 0) is 13.3 Å². The highest BCUT2D eigenvalue weighted by atomic mass is 127. The molecule has 1 unspecified atom stereocenters. The Morgan fingerprint density at radius 2 is 2.20 bits per heavy atom. The van der Waals surface area contributed by atoms with Gasteiger partial charge in [0.15, 0.2) is 5.96 Å². The molecule has 116 valence electrons. The Labute approximate surface area is 139 Å². The third kappa shape index (κ3) is 8.39. The number of imidazole rings is 1. The molecule has 0 aliphatic heterocycles. The molecule has 20 heavy (non-hydrogen) atoms. The average Bonchev–Trinajstić information content (AvgIpc) is 2.91. The Morgan fingerprint density at radius 3 is 2.80 bits per heavy atom. The monoisotopic (exact) mass is 393 g/mol. The number of rotatable bonds is 8. The zero-order valence-electron chi connectivity index (χ0n) is 12.8. The van der Waals surface area contributed by atoms with Crippen LogP contribution in [0, 0.1) is 0 Å². The van der Waals surface area contributed by atoms with Crippen molar-refractivity contribution >= 4 is 29.9 Å². The molecular formula is C14H28IN5. The molecule has 0 spiro atoms. The lowest BCUT2D eigenvalue weighted by Gasteiger charge is -2.17. The van der Waals surface area contributed by atoms with Gasteiger partial charge in [0.05, 0.1) is 6.33 Å². The van der Waals surface area contributed by atoms with Crippen LogP contribution in [-0.4, -0.2) is 35.1 Å². The van der Waals surface area contributed by atoms with Gasteiger partial charge in [-0.1, -0.05) is 26.2 Å². The van der Waals surface area contributed by atoms with Crippen LogP contribution in [0.3, 0.4) is 0 Å². The van der Waals surface area contributed by atoms with E-state index in [4.69, 9.17) is 0 Å². The molecule has 0 bridgehead atoms. The van der Waals surface area contributed by atoms with Crippen molar-refractivity contribution in [3.63, 3.8) is 0 Å². The molecule has 0 radical (unpaired) electrons. The summed E-state index contributed by atoms with van der Waals surface area (Å²) >= 11 is 0. The number of unbranched alkanes of at least 4 members (excludes halogenated alkanes) is 2. The molecule has 0 fully saturated rings. The van der Waals surface area contributed by atoms with Gasteiger partial charge in [-0.2, -0.15) is 0 Å². The zero-order chi connectivity index (χ0) is 13.9. The summed E-state index contributed by atoms with van der Waals surface area (Å²) in [4.78, 5) is 8.26. The third-order valence-corrected chi connectivity index (χ3v) is 3.07. The molecule has 1 atom stereocenters. The average molecular weight is 393 g/mol. The van der Waals surface area contributed by atoms with Crippen molar-refractivity contribution < 1.29 is 0 Å². The second kappa shape index (κ2) is 12.0. The summed E-state index contributed by atoms with van der Waals surface area (Å²) in [6.45, 7) is 6.18. The first kappa shape index (κ1) is 19.2. The minimum Gasteiger partial charge on any atom is -0.355 e. The summed E-state index contributed by atoms with van der Waals surface area (Å²) in [5.74, 6) is 0.879. The minimum atomic E-state index is 0. The van der Waals surface area contributed by atoms with Gasteiger partial charge in [0.2, 0.25) is 0 Å². The first-order valence-electron chi connectivity index (χ1n) is 7.19. The molecule has 1 aromatic heterocycles. The summed E-state index contributed by atoms with van der Waals surface area (Å²) < 4.78 is 2.05. The topological polar surface area (TPSA) is 54.2 Å². The summed E-state index contributed by atoms with van der Waals surface area (Å²) in [6, 6.07) is 0.464. The molecule has 2 N–H and O–H groups in total. The van der Waals surface area contributed by atoms with Crippen LogP contribution >= 0.6 is 24.0 Å². The second-order valence-electron chi connectivity index (χ2n) is 4.84. The minimum absolute atomic E-state index is 0. The highest BCUT2D eigenvalue weighted by Crippen LogP contribution is 2.02. The molecule has 0 saturated carbocycles. The lowest BCUT2D eigenvalue weighted by atomic mass is 10.1. The fourth-order valence-electron chi connectivity index (χ4n) is 1.92. The maximum atomic E-state index is 4.24. The van der Waals surface area contributed by atoms with Crippen molar-refractivity contribution in [2.45, 2.75) is 52.1 Å². The molecular weight excluding hydrogens is 365 g/mol. The van der Waals surface area contributed by atoms with E-state index in [1.165, 1.54) is 25.7 Å². The maximum absolute atomic E-state index is 4.24. The SMILES string of the molecule is CCCCCC(C)NC(=NC)NCCn1ccnc1.I. The van der Waals surface area contributed by atoms with Crippen molar-refractivity contribution in [1.29, 1.82) is 0 Å². The summed E-state index contributed by atoms with van der Waals surface area (Å²) in [6.07, 6.45) is 10.6. The quantitative estimate of drug-likeness (QED) is 0.309. The molecule has 6 heteroatoms. The van der Waals surface area contributed by atoms with Gasteiger partial charge < -0.3 is 15.2 Å². The molecule has 0 saturated heterocycles. The first-order chi connectivity index (χ1) is 9.26. The standard InChI is InChI=1S/C14H27N5.HI/c1-4-5-6-7-13(2)18-14(15-3)17-9-11-19-10-8-16-12-19;/h8,10,12-13H,4-7,9,11H2,1-3H3,(H2,15,17,18);1H. The van der Waals surface area contributed by atoms with Crippen molar-refractivity contribution in [2.24, 2.45) is 4.99 Å². The zero-order valence-corrected chi connectivity index (χ0v) is 15.1. The number of aliphatic imine (C=N–C) groups is 1. The number of nitrogens with one attached hydrogen (secondary N) is 2. The third-order valence-electron chi connectivity index (χ3n) is 3.07. The maximum Gasteiger partial charge on any atom is 0.191 e. The Morgan fingerprint density at radius 1 is 1.40 bits per heavy atom. The van der Waals surface area contributed by atoms with Crippen LogP contribution in [0.2, 0.25) is 0 Å². The van der Waals surface area contributed by atoms with Crippen LogP contribution in [0.1, 0.15) is 39.5 Å². The summed E-state index contributed by atoms with van der Waals surface area (Å²) in [5, 5.41) is 6.74. The normalized spacial score (nSPS) is 12.7. The van der Waals surface area contributed by atoms with Gasteiger partial charge >= 0.3 is 0 Å². The molecule has 0 amide bonds. The van der Waals surface area contributed by atoms with Gasteiger partial charge in [0, 0.05) is 38.6 Å². The van der Waals surface area contributed by atoms with Crippen molar-refractivity contribution in [1.82, 2.24) is 20.2 Å². The van der Waals surface area contributed by atoms with E-state index < -0.39 is 0 Å². The Balaban J connectivity index is 0.00000361. The van der Waals surface area contributed by atoms with E-state index in [1.54, 1.807) is 6.20 Å². The van der Waals surface area contributed by atoms with E-state index in [9.17, 15) is 0 Å². The van der Waals surface area contributed by atoms with Crippen molar-refractivity contribution in [2.75, 3.05) is 13.6 Å². The summed E-state index contributed by atoms with van der Waals surface area (Å²) in [7, 11) is 1.81. The second-order valence-corrected chi connectivity index (χ2v) is 4.84. The number of halogens is 1. The first-order valence-corrected chi connectivity index (χ1v) is 7.19. The number of guanidine groups is 1. The van der Waals surface area contributed by atoms with Crippen LogP contribution in [0.4, 0.5) is 0 Å². The molecule has 1 rings (SSSR count). The Hall–Kier alpha value is -0.790. The number of nitrogens with zero attached hydrogens (tertiary/aromatic N) is 3. The van der Waals surface area contributed by atoms with Gasteiger partial charge in [-0.15, -0.1) is 24.0 Å². The molecule has 0 aliphatic carbocycles. The highest BCUT2D eigenvalue weighted by Gasteiger charge is 2.04. The lowest BCUT2D eigenvalue weighted by molar-refractivity contribution is 0.544. The Kier molecular flexibility index (Phi) is 11.5. The van der Waals surface area contributed by atoms with Crippen LogP contribution in [0.5, 0.6) is 0 Å². The van der Waals surface area contributed by atoms with Gasteiger partial charge in [0.1, 0.15) is 0 Å². The smallest absolute Gasteiger partial charge is 0.191 e. The molecule has 5 nitrogen and oxygen atoms in total. The van der Waals surface area contributed by atoms with E-state index >= 15 is 0 Å². The number of hydrogen-bond acceptors (Lipinski definition) is 2. The van der Waals surface area contributed by atoms with Crippen LogP contribution < -0.4 is 10.6 Å². The number of hydrogen-bond donors (Lipinski definition) is 2. The molecule has 0 aliphatic rings. The van der Waals surface area contributed by atoms with E-state index in [0.29, 0.717) is 6.04 Å². The van der Waals surface area contributed by atoms with E-state index in [-0.39, 0.29) is 24.0 Å². The van der Waals surface area contributed by atoms with E-state index in [1.807, 2.05) is 24.1 Å². The number of aromatic nitrogens is 2. The molecule has 1 heterocycles. The molecule has 0 aromatic carbocycles. The lowest BCUT2D eigenvalue weighted by Crippen LogP contribution is -2.43. The predicted octanol–water partition coefficient (Wildman–Crippen LogP) is 2.63. The van der Waals surface area contributed by atoms with Gasteiger partial charge in [-0.3, -0.25) is 4.99 Å². The van der Waals surface area contributed by atoms with Crippen LogP contribution in [0.15, 0.2) is 23.7 Å². The highest BCUT2D eigenvalue weighted by molar-refractivity contribution is 14.0. The van der Waals surface area contributed by atoms with Crippen molar-refractivity contribution in [3.8, 4) is 0 Å². The van der Waals surface area contributed by atoms with E-state index in [2.05, 4.69) is 34.5 Å². The van der Waals surface area contributed by atoms with Crippen molar-refractivity contribution in [3.05, 3.63) is 18.7 Å². The van der Waals surface area contributed by atoms with Crippen LogP contribution in [0.25, 0.3) is 0 Å². The summed E-state index contributed by atoms with van der Waals surface area (Å²) in [5.41, 5.74) is 0. The molecule has 1 aromatic rings. The van der Waals surface area contributed by atoms with Gasteiger partial charge in [0.25, 0.3) is 0 Å². The predicted molar refractivity (Wildman–Crippen MR) is 95.7 cm³/mol. The van der Waals surface area contributed by atoms with E-state index in [0.717, 1.165) is 19.0 Å². The van der Waals surface area contributed by atoms with Gasteiger partial charge in [-0.25, -0.2) is 4.98 Å². The largest absolute Gasteiger partial charge is 0.355 e.